The number of rotatable bonds is 5. The van der Waals surface area contributed by atoms with E-state index in [9.17, 15) is 0 Å². The monoisotopic (exact) mass is 297 g/mol. The highest BCUT2D eigenvalue weighted by Gasteiger charge is 2.07. The molecule has 0 radical (unpaired) electrons. The summed E-state index contributed by atoms with van der Waals surface area (Å²) in [6.07, 6.45) is 4.27. The van der Waals surface area contributed by atoms with E-state index in [4.69, 9.17) is 9.47 Å². The van der Waals surface area contributed by atoms with Crippen LogP contribution in [-0.2, 0) is 4.74 Å². The standard InChI is InChI=1S/C16H23NO2.ClH/c1-14-5-6-16(15(2)13-14)19-10-4-3-7-17-8-11-18-12-9-17;/h3-6,13H,7-12H2,1-2H3;1H/b4-3+;. The van der Waals surface area contributed by atoms with Crippen molar-refractivity contribution in [2.75, 3.05) is 39.5 Å². The number of nitrogens with zero attached hydrogens (tertiary/aromatic N) is 1. The zero-order chi connectivity index (χ0) is 13.5. The van der Waals surface area contributed by atoms with E-state index < -0.39 is 0 Å². The van der Waals surface area contributed by atoms with Crippen LogP contribution in [-0.4, -0.2) is 44.4 Å². The third-order valence-corrected chi connectivity index (χ3v) is 3.30. The van der Waals surface area contributed by atoms with Gasteiger partial charge < -0.3 is 9.47 Å². The highest BCUT2D eigenvalue weighted by atomic mass is 35.5. The third-order valence-electron chi connectivity index (χ3n) is 3.30. The number of ether oxygens (including phenoxy) is 2. The second-order valence-corrected chi connectivity index (χ2v) is 4.96. The van der Waals surface area contributed by atoms with Gasteiger partial charge >= 0.3 is 0 Å². The van der Waals surface area contributed by atoms with Crippen molar-refractivity contribution in [3.05, 3.63) is 41.5 Å². The van der Waals surface area contributed by atoms with Crippen LogP contribution in [0, 0.1) is 13.8 Å². The van der Waals surface area contributed by atoms with Gasteiger partial charge in [0.1, 0.15) is 12.4 Å². The SMILES string of the molecule is Cc1ccc(OC/C=C/CN2CCOCC2)c(C)c1.Cl. The van der Waals surface area contributed by atoms with Crippen molar-refractivity contribution in [1.82, 2.24) is 4.90 Å². The summed E-state index contributed by atoms with van der Waals surface area (Å²) in [4.78, 5) is 2.39. The first-order valence-electron chi connectivity index (χ1n) is 6.91. The van der Waals surface area contributed by atoms with E-state index in [0.717, 1.165) is 38.6 Å². The Morgan fingerprint density at radius 3 is 2.65 bits per heavy atom. The number of halogens is 1. The lowest BCUT2D eigenvalue weighted by Crippen LogP contribution is -2.36. The molecule has 0 atom stereocenters. The summed E-state index contributed by atoms with van der Waals surface area (Å²) >= 11 is 0. The molecule has 0 spiro atoms. The van der Waals surface area contributed by atoms with Crippen molar-refractivity contribution in [3.63, 3.8) is 0 Å². The summed E-state index contributed by atoms with van der Waals surface area (Å²) in [6.45, 7) is 9.57. The van der Waals surface area contributed by atoms with Crippen molar-refractivity contribution in [1.29, 1.82) is 0 Å². The predicted octanol–water partition coefficient (Wildman–Crippen LogP) is 2.99. The van der Waals surface area contributed by atoms with Crippen molar-refractivity contribution >= 4 is 12.4 Å². The van der Waals surface area contributed by atoms with Gasteiger partial charge in [-0.1, -0.05) is 29.8 Å². The van der Waals surface area contributed by atoms with Crippen molar-refractivity contribution in [2.45, 2.75) is 13.8 Å². The molecule has 4 heteroatoms. The summed E-state index contributed by atoms with van der Waals surface area (Å²) in [7, 11) is 0. The molecule has 0 unspecified atom stereocenters. The molecule has 1 heterocycles. The quantitative estimate of drug-likeness (QED) is 0.780. The number of hydrogen-bond acceptors (Lipinski definition) is 3. The van der Waals surface area contributed by atoms with Gasteiger partial charge in [0.15, 0.2) is 0 Å². The van der Waals surface area contributed by atoms with Gasteiger partial charge in [-0.3, -0.25) is 4.90 Å². The zero-order valence-corrected chi connectivity index (χ0v) is 13.1. The second kappa shape index (κ2) is 9.01. The summed E-state index contributed by atoms with van der Waals surface area (Å²) in [5, 5.41) is 0. The van der Waals surface area contributed by atoms with Gasteiger partial charge in [0.2, 0.25) is 0 Å². The minimum atomic E-state index is 0. The van der Waals surface area contributed by atoms with E-state index in [1.807, 2.05) is 6.07 Å². The Morgan fingerprint density at radius 1 is 1.20 bits per heavy atom. The van der Waals surface area contributed by atoms with Crippen LogP contribution in [0.5, 0.6) is 5.75 Å². The Hall–Kier alpha value is -1.03. The topological polar surface area (TPSA) is 21.7 Å². The van der Waals surface area contributed by atoms with Crippen LogP contribution in [0.1, 0.15) is 11.1 Å². The fraction of sp³-hybridized carbons (Fsp3) is 0.500. The fourth-order valence-corrected chi connectivity index (χ4v) is 2.17. The van der Waals surface area contributed by atoms with E-state index in [2.05, 4.69) is 43.0 Å². The maximum absolute atomic E-state index is 5.75. The number of benzene rings is 1. The normalized spacial score (nSPS) is 16.1. The van der Waals surface area contributed by atoms with Crippen LogP contribution < -0.4 is 4.74 Å². The molecule has 20 heavy (non-hydrogen) atoms. The lowest BCUT2D eigenvalue weighted by Gasteiger charge is -2.25. The first kappa shape index (κ1) is 17.0. The van der Waals surface area contributed by atoms with E-state index in [-0.39, 0.29) is 12.4 Å². The molecular weight excluding hydrogens is 274 g/mol. The fourth-order valence-electron chi connectivity index (χ4n) is 2.17. The van der Waals surface area contributed by atoms with E-state index in [1.165, 1.54) is 11.1 Å². The van der Waals surface area contributed by atoms with Gasteiger partial charge in [0, 0.05) is 19.6 Å². The lowest BCUT2D eigenvalue weighted by molar-refractivity contribution is 0.0434. The molecule has 0 aliphatic carbocycles. The minimum absolute atomic E-state index is 0. The molecule has 1 fully saturated rings. The molecular formula is C16H24ClNO2. The van der Waals surface area contributed by atoms with Crippen molar-refractivity contribution in [2.24, 2.45) is 0 Å². The average Bonchev–Trinajstić information content (AvgIpc) is 2.42. The summed E-state index contributed by atoms with van der Waals surface area (Å²) in [6, 6.07) is 6.27. The number of morpholine rings is 1. The predicted molar refractivity (Wildman–Crippen MR) is 85.1 cm³/mol. The van der Waals surface area contributed by atoms with Crippen molar-refractivity contribution < 1.29 is 9.47 Å². The highest BCUT2D eigenvalue weighted by Crippen LogP contribution is 2.18. The summed E-state index contributed by atoms with van der Waals surface area (Å²) < 4.78 is 11.1. The third kappa shape index (κ3) is 5.53. The van der Waals surface area contributed by atoms with Crippen molar-refractivity contribution in [3.8, 4) is 5.75 Å². The van der Waals surface area contributed by atoms with Crippen LogP contribution in [0.3, 0.4) is 0 Å². The number of aryl methyl sites for hydroxylation is 2. The molecule has 0 saturated carbocycles. The largest absolute Gasteiger partial charge is 0.489 e. The van der Waals surface area contributed by atoms with Crippen LogP contribution in [0.15, 0.2) is 30.4 Å². The Balaban J connectivity index is 0.00000200. The molecule has 0 N–H and O–H groups in total. The minimum Gasteiger partial charge on any atom is -0.489 e. The highest BCUT2D eigenvalue weighted by molar-refractivity contribution is 5.85. The maximum Gasteiger partial charge on any atom is 0.122 e. The van der Waals surface area contributed by atoms with Gasteiger partial charge in [-0.15, -0.1) is 12.4 Å². The smallest absolute Gasteiger partial charge is 0.122 e. The second-order valence-electron chi connectivity index (χ2n) is 4.96. The molecule has 1 aromatic rings. The molecule has 0 aromatic heterocycles. The molecule has 112 valence electrons. The molecule has 2 rings (SSSR count). The molecule has 1 aliphatic rings. The van der Waals surface area contributed by atoms with Crippen LogP contribution >= 0.6 is 12.4 Å². The Bertz CT molecular complexity index is 428. The molecule has 3 nitrogen and oxygen atoms in total. The molecule has 1 aromatic carbocycles. The Kier molecular flexibility index (Phi) is 7.67. The van der Waals surface area contributed by atoms with Crippen LogP contribution in [0.2, 0.25) is 0 Å². The molecule has 1 saturated heterocycles. The molecule has 0 bridgehead atoms. The zero-order valence-electron chi connectivity index (χ0n) is 12.3. The Labute approximate surface area is 128 Å². The molecule has 0 amide bonds. The van der Waals surface area contributed by atoms with Gasteiger partial charge in [-0.2, -0.15) is 0 Å². The van der Waals surface area contributed by atoms with Gasteiger partial charge in [-0.05, 0) is 25.5 Å². The van der Waals surface area contributed by atoms with Gasteiger partial charge in [0.25, 0.3) is 0 Å². The summed E-state index contributed by atoms with van der Waals surface area (Å²) in [5.41, 5.74) is 2.47. The first-order valence-corrected chi connectivity index (χ1v) is 6.91. The summed E-state index contributed by atoms with van der Waals surface area (Å²) in [5.74, 6) is 0.974. The average molecular weight is 298 g/mol. The van der Waals surface area contributed by atoms with Gasteiger partial charge in [-0.25, -0.2) is 0 Å². The van der Waals surface area contributed by atoms with E-state index in [1.54, 1.807) is 0 Å². The van der Waals surface area contributed by atoms with E-state index >= 15 is 0 Å². The molecule has 1 aliphatic heterocycles. The lowest BCUT2D eigenvalue weighted by atomic mass is 10.1. The van der Waals surface area contributed by atoms with E-state index in [0.29, 0.717) is 6.61 Å². The van der Waals surface area contributed by atoms with Crippen LogP contribution in [0.4, 0.5) is 0 Å². The van der Waals surface area contributed by atoms with Gasteiger partial charge in [0.05, 0.1) is 13.2 Å². The van der Waals surface area contributed by atoms with Crippen LogP contribution in [0.25, 0.3) is 0 Å². The maximum atomic E-state index is 5.75. The first-order chi connectivity index (χ1) is 9.25. The Morgan fingerprint density at radius 2 is 1.95 bits per heavy atom. The number of hydrogen-bond donors (Lipinski definition) is 0.